The van der Waals surface area contributed by atoms with Crippen LogP contribution < -0.4 is 4.74 Å². The zero-order valence-electron chi connectivity index (χ0n) is 14.5. The quantitative estimate of drug-likeness (QED) is 0.772. The topological polar surface area (TPSA) is 79.2 Å². The molecule has 1 saturated heterocycles. The van der Waals surface area contributed by atoms with E-state index in [1.165, 1.54) is 28.8 Å². The molecule has 27 heavy (non-hydrogen) atoms. The fraction of sp³-hybridized carbons (Fsp3) is 0.105. The van der Waals surface area contributed by atoms with Crippen LogP contribution in [0, 0.1) is 0 Å². The van der Waals surface area contributed by atoms with Gasteiger partial charge in [-0.2, -0.15) is 0 Å². The van der Waals surface area contributed by atoms with Gasteiger partial charge in [0, 0.05) is 7.05 Å². The highest BCUT2D eigenvalue weighted by Gasteiger charge is 2.30. The molecule has 0 radical (unpaired) electrons. The number of likely N-dealkylation sites (N-methyl/N-ethyl adjacent to an activating group) is 1. The third-order valence-electron chi connectivity index (χ3n) is 3.82. The average molecular weight is 403 g/mol. The maximum absolute atomic E-state index is 12.5. The third kappa shape index (κ3) is 4.15. The van der Waals surface area contributed by atoms with Gasteiger partial charge in [-0.05, 0) is 53.7 Å². The van der Waals surface area contributed by atoms with E-state index in [4.69, 9.17) is 21.4 Å². The molecule has 1 amide bonds. The first-order valence-corrected chi connectivity index (χ1v) is 9.01. The number of ether oxygens (including phenoxy) is 1. The van der Waals surface area contributed by atoms with Crippen LogP contribution in [0.4, 0.5) is 5.69 Å². The van der Waals surface area contributed by atoms with E-state index in [1.807, 2.05) is 24.3 Å². The summed E-state index contributed by atoms with van der Waals surface area (Å²) < 4.78 is 5.12. The van der Waals surface area contributed by atoms with Crippen LogP contribution in [0.15, 0.2) is 52.4 Å². The maximum atomic E-state index is 12.5. The predicted octanol–water partition coefficient (Wildman–Crippen LogP) is 4.28. The largest absolute Gasteiger partial charge is 0.497 e. The Labute approximate surface area is 165 Å². The molecule has 3 rings (SSSR count). The number of amidine groups is 1. The van der Waals surface area contributed by atoms with E-state index >= 15 is 0 Å². The molecule has 8 heteroatoms. The molecule has 2 aromatic carbocycles. The molecule has 6 nitrogen and oxygen atoms in total. The zero-order valence-corrected chi connectivity index (χ0v) is 16.0. The van der Waals surface area contributed by atoms with Gasteiger partial charge < -0.3 is 9.84 Å². The summed E-state index contributed by atoms with van der Waals surface area (Å²) in [6.07, 6.45) is 1.77. The Morgan fingerprint density at radius 3 is 2.59 bits per heavy atom. The van der Waals surface area contributed by atoms with Gasteiger partial charge in [-0.15, -0.1) is 0 Å². The van der Waals surface area contributed by atoms with Gasteiger partial charge in [0.1, 0.15) is 5.75 Å². The van der Waals surface area contributed by atoms with Crippen LogP contribution in [0.25, 0.3) is 6.08 Å². The summed E-state index contributed by atoms with van der Waals surface area (Å²) in [5.74, 6) is -0.577. The fourth-order valence-corrected chi connectivity index (χ4v) is 3.55. The van der Waals surface area contributed by atoms with Crippen LogP contribution in [0.5, 0.6) is 5.75 Å². The first-order valence-electron chi connectivity index (χ1n) is 7.82. The van der Waals surface area contributed by atoms with Crippen molar-refractivity contribution >= 4 is 52.2 Å². The minimum atomic E-state index is -1.13. The Morgan fingerprint density at radius 1 is 1.26 bits per heavy atom. The van der Waals surface area contributed by atoms with Crippen LogP contribution in [0.1, 0.15) is 15.9 Å². The molecule has 0 spiro atoms. The summed E-state index contributed by atoms with van der Waals surface area (Å²) >= 11 is 7.10. The van der Waals surface area contributed by atoms with Gasteiger partial charge in [0.2, 0.25) is 0 Å². The number of aliphatic imine (C=N–C) groups is 1. The highest BCUT2D eigenvalue weighted by Crippen LogP contribution is 2.34. The highest BCUT2D eigenvalue weighted by molar-refractivity contribution is 8.18. The molecule has 1 aliphatic heterocycles. The molecule has 1 heterocycles. The zero-order chi connectivity index (χ0) is 19.6. The van der Waals surface area contributed by atoms with E-state index in [9.17, 15) is 9.59 Å². The molecule has 1 aliphatic rings. The number of hydrogen-bond acceptors (Lipinski definition) is 5. The maximum Gasteiger partial charge on any atom is 0.337 e. The Balaban J connectivity index is 1.89. The second-order valence-corrected chi connectivity index (χ2v) is 7.03. The lowest BCUT2D eigenvalue weighted by Crippen LogP contribution is -2.23. The van der Waals surface area contributed by atoms with E-state index < -0.39 is 5.97 Å². The summed E-state index contributed by atoms with van der Waals surface area (Å²) in [4.78, 5) is 30.0. The van der Waals surface area contributed by atoms with E-state index in [1.54, 1.807) is 26.3 Å². The first-order chi connectivity index (χ1) is 12.9. The van der Waals surface area contributed by atoms with Crippen molar-refractivity contribution in [1.29, 1.82) is 0 Å². The number of halogens is 1. The van der Waals surface area contributed by atoms with Crippen molar-refractivity contribution in [3.63, 3.8) is 0 Å². The van der Waals surface area contributed by atoms with Gasteiger partial charge in [-0.25, -0.2) is 9.79 Å². The van der Waals surface area contributed by atoms with Crippen LogP contribution in [-0.2, 0) is 4.79 Å². The summed E-state index contributed by atoms with van der Waals surface area (Å²) in [6.45, 7) is 0. The van der Waals surface area contributed by atoms with Crippen LogP contribution in [-0.4, -0.2) is 41.2 Å². The van der Waals surface area contributed by atoms with Crippen molar-refractivity contribution in [2.24, 2.45) is 4.99 Å². The lowest BCUT2D eigenvalue weighted by Gasteiger charge is -2.07. The number of hydrogen-bond donors (Lipinski definition) is 1. The fourth-order valence-electron chi connectivity index (χ4n) is 2.36. The Bertz CT molecular complexity index is 970. The summed E-state index contributed by atoms with van der Waals surface area (Å²) in [6, 6.07) is 11.8. The minimum absolute atomic E-state index is 0.0375. The number of carboxylic acids is 1. The number of amides is 1. The summed E-state index contributed by atoms with van der Waals surface area (Å²) in [5, 5.41) is 9.76. The molecule has 1 fully saturated rings. The van der Waals surface area contributed by atoms with Gasteiger partial charge in [0.05, 0.1) is 28.3 Å². The molecule has 1 N–H and O–H groups in total. The molecule has 0 aliphatic carbocycles. The van der Waals surface area contributed by atoms with Gasteiger partial charge >= 0.3 is 5.97 Å². The van der Waals surface area contributed by atoms with E-state index in [0.717, 1.165) is 11.3 Å². The third-order valence-corrected chi connectivity index (χ3v) is 5.21. The number of rotatable bonds is 4. The van der Waals surface area contributed by atoms with Crippen molar-refractivity contribution in [2.75, 3.05) is 14.2 Å². The molecule has 0 saturated carbocycles. The first kappa shape index (κ1) is 19.0. The summed E-state index contributed by atoms with van der Waals surface area (Å²) in [7, 11) is 3.21. The number of thioether (sulfide) groups is 1. The van der Waals surface area contributed by atoms with Crippen molar-refractivity contribution in [2.45, 2.75) is 0 Å². The van der Waals surface area contributed by atoms with Crippen molar-refractivity contribution < 1.29 is 19.4 Å². The monoisotopic (exact) mass is 402 g/mol. The molecule has 0 bridgehead atoms. The molecule has 0 unspecified atom stereocenters. The number of carbonyl (C=O) groups excluding carboxylic acids is 1. The van der Waals surface area contributed by atoms with Gasteiger partial charge in [-0.1, -0.05) is 23.7 Å². The van der Waals surface area contributed by atoms with Crippen molar-refractivity contribution in [1.82, 2.24) is 4.90 Å². The number of benzene rings is 2. The smallest absolute Gasteiger partial charge is 0.337 e. The number of carboxylic acid groups (broad SMARTS) is 1. The lowest BCUT2D eigenvalue weighted by atomic mass is 10.2. The van der Waals surface area contributed by atoms with Gasteiger partial charge in [0.25, 0.3) is 5.91 Å². The molecule has 2 aromatic rings. The normalized spacial score (nSPS) is 17.0. The molecular formula is C19H15ClN2O4S. The van der Waals surface area contributed by atoms with E-state index in [0.29, 0.717) is 15.8 Å². The van der Waals surface area contributed by atoms with Crippen LogP contribution >= 0.6 is 23.4 Å². The number of methoxy groups -OCH3 is 1. The van der Waals surface area contributed by atoms with Gasteiger partial charge in [-0.3, -0.25) is 9.69 Å². The van der Waals surface area contributed by atoms with Crippen molar-refractivity contribution in [3.8, 4) is 5.75 Å². The number of nitrogens with zero attached hydrogens (tertiary/aromatic N) is 2. The molecule has 0 atom stereocenters. The average Bonchev–Trinajstić information content (AvgIpc) is 2.91. The molecular weight excluding hydrogens is 388 g/mol. The second kappa shape index (κ2) is 7.85. The van der Waals surface area contributed by atoms with E-state index in [-0.39, 0.29) is 16.5 Å². The van der Waals surface area contributed by atoms with Crippen molar-refractivity contribution in [3.05, 3.63) is 63.5 Å². The SMILES string of the molecule is COc1ccc(C=C2SC(=Nc3ccc(Cl)c(C(=O)O)c3)N(C)C2=O)cc1. The lowest BCUT2D eigenvalue weighted by molar-refractivity contribution is -0.121. The minimum Gasteiger partial charge on any atom is -0.497 e. The number of aromatic carboxylic acids is 1. The Kier molecular flexibility index (Phi) is 5.53. The van der Waals surface area contributed by atoms with Gasteiger partial charge in [0.15, 0.2) is 5.17 Å². The van der Waals surface area contributed by atoms with Crippen LogP contribution in [0.2, 0.25) is 5.02 Å². The highest BCUT2D eigenvalue weighted by atomic mass is 35.5. The molecule has 0 aromatic heterocycles. The Morgan fingerprint density at radius 2 is 1.96 bits per heavy atom. The standard InChI is InChI=1S/C19H15ClN2O4S/c1-22-17(23)16(9-11-3-6-13(26-2)7-4-11)27-19(22)21-12-5-8-15(20)14(10-12)18(24)25/h3-10H,1-2H3,(H,24,25). The van der Waals surface area contributed by atoms with E-state index in [2.05, 4.69) is 4.99 Å². The second-order valence-electron chi connectivity index (χ2n) is 5.61. The molecule has 138 valence electrons. The Hall–Kier alpha value is -2.77. The van der Waals surface area contributed by atoms with Crippen LogP contribution in [0.3, 0.4) is 0 Å². The predicted molar refractivity (Wildman–Crippen MR) is 107 cm³/mol. The summed E-state index contributed by atoms with van der Waals surface area (Å²) in [5.41, 5.74) is 1.23. The number of carbonyl (C=O) groups is 2.